The van der Waals surface area contributed by atoms with Crippen LogP contribution in [0.3, 0.4) is 0 Å². The van der Waals surface area contributed by atoms with Crippen LogP contribution < -0.4 is 0 Å². The van der Waals surface area contributed by atoms with Crippen molar-refractivity contribution in [3.05, 3.63) is 80.2 Å². The second-order valence-corrected chi connectivity index (χ2v) is 6.86. The van der Waals surface area contributed by atoms with Gasteiger partial charge < -0.3 is 0 Å². The van der Waals surface area contributed by atoms with Gasteiger partial charge in [0, 0.05) is 9.75 Å². The Hall–Kier alpha value is -2.92. The van der Waals surface area contributed by atoms with E-state index in [1.54, 1.807) is 22.7 Å². The number of hydrogen-bond acceptors (Lipinski definition) is 4. The van der Waals surface area contributed by atoms with Gasteiger partial charge in [-0.25, -0.2) is 0 Å². The van der Waals surface area contributed by atoms with Crippen molar-refractivity contribution in [2.75, 3.05) is 0 Å². The summed E-state index contributed by atoms with van der Waals surface area (Å²) in [6, 6.07) is 20.1. The fraction of sp³-hybridized carbons (Fsp3) is 0. The molecule has 2 aromatic heterocycles. The van der Waals surface area contributed by atoms with Gasteiger partial charge in [-0.15, -0.1) is 22.7 Å². The van der Waals surface area contributed by atoms with Crippen LogP contribution in [0.5, 0.6) is 0 Å². The lowest BCUT2D eigenvalue weighted by atomic mass is 10.1. The number of benzene rings is 1. The van der Waals surface area contributed by atoms with E-state index in [1.165, 1.54) is 0 Å². The summed E-state index contributed by atoms with van der Waals surface area (Å²) >= 11 is 3.11. The van der Waals surface area contributed by atoms with Gasteiger partial charge in [-0.05, 0) is 46.2 Å². The van der Waals surface area contributed by atoms with Gasteiger partial charge in [0.05, 0.1) is 11.1 Å². The van der Waals surface area contributed by atoms with Gasteiger partial charge in [0.15, 0.2) is 0 Å². The van der Waals surface area contributed by atoms with E-state index in [-0.39, 0.29) is 0 Å². The molecule has 0 unspecified atom stereocenters. The minimum absolute atomic E-state index is 0.657. The monoisotopic (exact) mass is 344 g/mol. The summed E-state index contributed by atoms with van der Waals surface area (Å²) in [6.07, 6.45) is 3.76. The quantitative estimate of drug-likeness (QED) is 0.550. The van der Waals surface area contributed by atoms with Gasteiger partial charge in [0.25, 0.3) is 0 Å². The molecule has 4 heteroatoms. The zero-order valence-electron chi connectivity index (χ0n) is 12.6. The highest BCUT2D eigenvalue weighted by Gasteiger charge is 2.03. The Bertz CT molecular complexity index is 865. The van der Waals surface area contributed by atoms with Crippen molar-refractivity contribution in [3.8, 4) is 12.1 Å². The van der Waals surface area contributed by atoms with Gasteiger partial charge >= 0.3 is 0 Å². The average molecular weight is 344 g/mol. The van der Waals surface area contributed by atoms with Crippen molar-refractivity contribution < 1.29 is 0 Å². The molecule has 0 saturated heterocycles. The number of hydrogen-bond donors (Lipinski definition) is 0. The van der Waals surface area contributed by atoms with Crippen molar-refractivity contribution in [2.45, 2.75) is 0 Å². The molecule has 0 fully saturated rings. The SMILES string of the molecule is N#C/C(=C\c1ccc(/C=C(\C#N)c2cccs2)cc1)c1cccs1. The smallest absolute Gasteiger partial charge is 0.101 e. The molecular formula is C20H12N2S2. The van der Waals surface area contributed by atoms with Crippen LogP contribution in [0.15, 0.2) is 59.3 Å². The van der Waals surface area contributed by atoms with Crippen LogP contribution in [0.1, 0.15) is 20.9 Å². The third kappa shape index (κ3) is 3.70. The molecule has 0 aliphatic heterocycles. The van der Waals surface area contributed by atoms with Gasteiger partial charge in [-0.1, -0.05) is 36.4 Å². The normalized spacial score (nSPS) is 11.8. The largest absolute Gasteiger partial charge is 0.192 e. The highest BCUT2D eigenvalue weighted by Crippen LogP contribution is 2.24. The summed E-state index contributed by atoms with van der Waals surface area (Å²) in [5, 5.41) is 22.5. The molecule has 3 rings (SSSR count). The molecule has 2 nitrogen and oxygen atoms in total. The molecule has 0 amide bonds. The summed E-state index contributed by atoms with van der Waals surface area (Å²) in [6.45, 7) is 0. The summed E-state index contributed by atoms with van der Waals surface area (Å²) < 4.78 is 0. The first-order valence-electron chi connectivity index (χ1n) is 7.21. The van der Waals surface area contributed by atoms with E-state index in [4.69, 9.17) is 0 Å². The molecule has 114 valence electrons. The zero-order valence-corrected chi connectivity index (χ0v) is 14.3. The van der Waals surface area contributed by atoms with Crippen molar-refractivity contribution in [3.63, 3.8) is 0 Å². The van der Waals surface area contributed by atoms with E-state index in [2.05, 4.69) is 12.1 Å². The molecular weight excluding hydrogens is 332 g/mol. The van der Waals surface area contributed by atoms with Crippen molar-refractivity contribution in [2.24, 2.45) is 0 Å². The van der Waals surface area contributed by atoms with E-state index < -0.39 is 0 Å². The van der Waals surface area contributed by atoms with Gasteiger partial charge in [0.1, 0.15) is 12.1 Å². The maximum absolute atomic E-state index is 9.31. The number of nitriles is 2. The minimum Gasteiger partial charge on any atom is -0.192 e. The van der Waals surface area contributed by atoms with Crippen LogP contribution in [-0.4, -0.2) is 0 Å². The maximum Gasteiger partial charge on any atom is 0.101 e. The lowest BCUT2D eigenvalue weighted by Gasteiger charge is -1.99. The van der Waals surface area contributed by atoms with E-state index >= 15 is 0 Å². The van der Waals surface area contributed by atoms with Crippen LogP contribution >= 0.6 is 22.7 Å². The van der Waals surface area contributed by atoms with E-state index in [9.17, 15) is 10.5 Å². The molecule has 0 atom stereocenters. The third-order valence-electron chi connectivity index (χ3n) is 3.37. The highest BCUT2D eigenvalue weighted by molar-refractivity contribution is 7.11. The highest BCUT2D eigenvalue weighted by atomic mass is 32.1. The van der Waals surface area contributed by atoms with Gasteiger partial charge in [0.2, 0.25) is 0 Å². The molecule has 1 aromatic carbocycles. The minimum atomic E-state index is 0.657. The fourth-order valence-corrected chi connectivity index (χ4v) is 3.59. The lowest BCUT2D eigenvalue weighted by Crippen LogP contribution is -1.80. The Balaban J connectivity index is 1.86. The van der Waals surface area contributed by atoms with Crippen LogP contribution in [0.25, 0.3) is 23.3 Å². The van der Waals surface area contributed by atoms with Crippen molar-refractivity contribution in [1.82, 2.24) is 0 Å². The Kier molecular flexibility index (Phi) is 5.03. The van der Waals surface area contributed by atoms with E-state index in [1.807, 2.05) is 71.4 Å². The van der Waals surface area contributed by atoms with Crippen molar-refractivity contribution in [1.29, 1.82) is 10.5 Å². The first kappa shape index (κ1) is 16.0. The zero-order chi connectivity index (χ0) is 16.8. The second-order valence-electron chi connectivity index (χ2n) is 4.96. The molecule has 0 aliphatic rings. The summed E-state index contributed by atoms with van der Waals surface area (Å²) in [7, 11) is 0. The van der Waals surface area contributed by atoms with Crippen LogP contribution in [0.4, 0.5) is 0 Å². The summed E-state index contributed by atoms with van der Waals surface area (Å²) in [5.74, 6) is 0. The molecule has 0 saturated carbocycles. The molecule has 0 radical (unpaired) electrons. The molecule has 3 aromatic rings. The number of thiophene rings is 2. The standard InChI is InChI=1S/C20H12N2S2/c21-13-17(19-3-1-9-23-19)11-15-5-7-16(8-6-15)12-18(14-22)20-4-2-10-24-20/h1-12H/b17-11+,18-12+. The van der Waals surface area contributed by atoms with E-state index in [0.29, 0.717) is 11.1 Å². The number of allylic oxidation sites excluding steroid dienone is 2. The first-order valence-corrected chi connectivity index (χ1v) is 8.97. The van der Waals surface area contributed by atoms with Crippen LogP contribution in [-0.2, 0) is 0 Å². The third-order valence-corrected chi connectivity index (χ3v) is 5.18. The topological polar surface area (TPSA) is 47.6 Å². The molecule has 0 spiro atoms. The average Bonchev–Trinajstić information content (AvgIpc) is 3.32. The predicted molar refractivity (Wildman–Crippen MR) is 102 cm³/mol. The number of rotatable bonds is 4. The Morgan fingerprint density at radius 3 is 1.42 bits per heavy atom. The summed E-state index contributed by atoms with van der Waals surface area (Å²) in [4.78, 5) is 1.93. The number of nitrogens with zero attached hydrogens (tertiary/aromatic N) is 2. The van der Waals surface area contributed by atoms with Crippen molar-refractivity contribution >= 4 is 46.0 Å². The molecule has 0 bridgehead atoms. The maximum atomic E-state index is 9.31. The molecule has 0 N–H and O–H groups in total. The summed E-state index contributed by atoms with van der Waals surface area (Å²) in [5.41, 5.74) is 3.24. The Morgan fingerprint density at radius 1 is 0.708 bits per heavy atom. The first-order chi connectivity index (χ1) is 11.8. The van der Waals surface area contributed by atoms with Gasteiger partial charge in [-0.2, -0.15) is 10.5 Å². The van der Waals surface area contributed by atoms with Crippen LogP contribution in [0.2, 0.25) is 0 Å². The molecule has 0 aliphatic carbocycles. The Labute approximate surface area is 148 Å². The molecule has 24 heavy (non-hydrogen) atoms. The van der Waals surface area contributed by atoms with E-state index in [0.717, 1.165) is 20.9 Å². The second kappa shape index (κ2) is 7.57. The van der Waals surface area contributed by atoms with Gasteiger partial charge in [-0.3, -0.25) is 0 Å². The predicted octanol–water partition coefficient (Wildman–Crippen LogP) is 5.94. The Morgan fingerprint density at radius 2 is 1.12 bits per heavy atom. The lowest BCUT2D eigenvalue weighted by molar-refractivity contribution is 1.53. The fourth-order valence-electron chi connectivity index (χ4n) is 2.20. The van der Waals surface area contributed by atoms with Crippen LogP contribution in [0, 0.1) is 22.7 Å². The molecule has 2 heterocycles.